The summed E-state index contributed by atoms with van der Waals surface area (Å²) in [6.07, 6.45) is 0. The predicted octanol–water partition coefficient (Wildman–Crippen LogP) is 2.96. The fourth-order valence-corrected chi connectivity index (χ4v) is 4.44. The van der Waals surface area contributed by atoms with E-state index < -0.39 is 40.3 Å². The highest BCUT2D eigenvalue weighted by molar-refractivity contribution is 7.79. The van der Waals surface area contributed by atoms with Crippen LogP contribution in [0.25, 0.3) is 0 Å². The summed E-state index contributed by atoms with van der Waals surface area (Å²) in [6, 6.07) is 16.1. The summed E-state index contributed by atoms with van der Waals surface area (Å²) in [5, 5.41) is 0. The Bertz CT molecular complexity index is 1400. The number of benzene rings is 3. The number of carbonyl (C=O) groups excluding carboxylic acids is 3. The van der Waals surface area contributed by atoms with Crippen molar-refractivity contribution in [3.05, 3.63) is 82.9 Å². The van der Waals surface area contributed by atoms with Crippen LogP contribution in [0.5, 0.6) is 23.0 Å². The van der Waals surface area contributed by atoms with Crippen LogP contribution < -0.4 is 14.2 Å². The smallest absolute Gasteiger partial charge is 0.340 e. The third-order valence-corrected chi connectivity index (χ3v) is 5.86. The second-order valence-electron chi connectivity index (χ2n) is 7.55. The summed E-state index contributed by atoms with van der Waals surface area (Å²) < 4.78 is 43.9. The van der Waals surface area contributed by atoms with Gasteiger partial charge in [-0.05, 0) is 41.4 Å². The van der Waals surface area contributed by atoms with E-state index in [2.05, 4.69) is 0 Å². The first-order chi connectivity index (χ1) is 16.3. The number of fused-ring (bicyclic) bond motifs is 6. The maximum Gasteiger partial charge on any atom is 0.340 e. The Kier molecular flexibility index (Phi) is 5.18. The van der Waals surface area contributed by atoms with E-state index in [1.165, 1.54) is 25.1 Å². The Balaban J connectivity index is 1.67. The van der Waals surface area contributed by atoms with E-state index in [1.807, 2.05) is 0 Å². The van der Waals surface area contributed by atoms with Crippen molar-refractivity contribution in [1.29, 1.82) is 0 Å². The standard InChI is InChI=1S/C24H16O9S/c1-13(25)30-14-6-8-18-20(10-14)32-21-11-15(31-22(26)12-34(28)29)7-9-19(21)24(18)17-5-3-2-4-16(17)23(27)33-24/h2-11H,12H2,1H3,(H,28,29)/p-1. The van der Waals surface area contributed by atoms with Crippen molar-refractivity contribution in [2.45, 2.75) is 12.5 Å². The van der Waals surface area contributed by atoms with Gasteiger partial charge in [0.2, 0.25) is 0 Å². The average molecular weight is 479 g/mol. The number of carbonyl (C=O) groups is 3. The topological polar surface area (TPSA) is 128 Å². The van der Waals surface area contributed by atoms with Gasteiger partial charge in [-0.15, -0.1) is 0 Å². The molecule has 2 aliphatic rings. The van der Waals surface area contributed by atoms with E-state index in [-0.39, 0.29) is 23.0 Å². The molecule has 0 fully saturated rings. The summed E-state index contributed by atoms with van der Waals surface area (Å²) in [6.45, 7) is 1.27. The fourth-order valence-electron chi connectivity index (χ4n) is 4.19. The van der Waals surface area contributed by atoms with Crippen LogP contribution in [0.1, 0.15) is 34.0 Å². The summed E-state index contributed by atoms with van der Waals surface area (Å²) in [7, 11) is 0. The molecule has 2 heterocycles. The molecule has 0 aromatic heterocycles. The highest BCUT2D eigenvalue weighted by Gasteiger charge is 2.53. The number of ether oxygens (including phenoxy) is 4. The van der Waals surface area contributed by atoms with E-state index in [0.717, 1.165) is 0 Å². The molecule has 0 amide bonds. The van der Waals surface area contributed by atoms with Crippen LogP contribution in [0.3, 0.4) is 0 Å². The molecule has 0 bridgehead atoms. The normalized spacial score (nSPS) is 18.1. The van der Waals surface area contributed by atoms with Crippen LogP contribution in [0, 0.1) is 0 Å². The van der Waals surface area contributed by atoms with Gasteiger partial charge in [0.05, 0.1) is 5.56 Å². The Labute approximate surface area is 195 Å². The number of hydrogen-bond acceptors (Lipinski definition) is 9. The Morgan fingerprint density at radius 1 is 0.941 bits per heavy atom. The second-order valence-corrected chi connectivity index (χ2v) is 8.45. The van der Waals surface area contributed by atoms with Crippen molar-refractivity contribution in [3.63, 3.8) is 0 Å². The summed E-state index contributed by atoms with van der Waals surface area (Å²) in [5.41, 5.74) is 0.618. The second kappa shape index (κ2) is 8.08. The molecular weight excluding hydrogens is 464 g/mol. The van der Waals surface area contributed by atoms with Crippen molar-refractivity contribution in [1.82, 2.24) is 0 Å². The molecule has 2 atom stereocenters. The van der Waals surface area contributed by atoms with E-state index >= 15 is 0 Å². The van der Waals surface area contributed by atoms with Gasteiger partial charge in [0.25, 0.3) is 0 Å². The number of rotatable bonds is 4. The highest BCUT2D eigenvalue weighted by Crippen LogP contribution is 2.57. The predicted molar refractivity (Wildman–Crippen MR) is 115 cm³/mol. The largest absolute Gasteiger partial charge is 0.772 e. The maximum absolute atomic E-state index is 12.8. The maximum atomic E-state index is 12.8. The molecule has 0 N–H and O–H groups in total. The highest BCUT2D eigenvalue weighted by atomic mass is 32.2. The van der Waals surface area contributed by atoms with Crippen LogP contribution in [0.2, 0.25) is 0 Å². The molecular formula is C24H15O9S-. The van der Waals surface area contributed by atoms with Gasteiger partial charge in [0.1, 0.15) is 28.8 Å². The average Bonchev–Trinajstić information content (AvgIpc) is 3.06. The first kappa shape index (κ1) is 21.8. The van der Waals surface area contributed by atoms with Gasteiger partial charge < -0.3 is 23.5 Å². The molecule has 0 saturated carbocycles. The molecule has 172 valence electrons. The summed E-state index contributed by atoms with van der Waals surface area (Å²) >= 11 is -2.60. The molecule has 10 heteroatoms. The van der Waals surface area contributed by atoms with Crippen molar-refractivity contribution in [2.75, 3.05) is 5.75 Å². The molecule has 3 aromatic carbocycles. The van der Waals surface area contributed by atoms with Gasteiger partial charge in [0.15, 0.2) is 5.60 Å². The lowest BCUT2D eigenvalue weighted by molar-refractivity contribution is -0.132. The molecule has 0 aliphatic carbocycles. The molecule has 0 saturated heterocycles. The molecule has 3 aromatic rings. The third kappa shape index (κ3) is 3.53. The van der Waals surface area contributed by atoms with Gasteiger partial charge in [-0.3, -0.25) is 13.8 Å². The lowest BCUT2D eigenvalue weighted by Gasteiger charge is -2.36. The van der Waals surface area contributed by atoms with Crippen LogP contribution in [0.4, 0.5) is 0 Å². The Hall–Kier alpha value is -4.02. The van der Waals surface area contributed by atoms with Crippen molar-refractivity contribution in [2.24, 2.45) is 0 Å². The van der Waals surface area contributed by atoms with Gasteiger partial charge in [-0.1, -0.05) is 18.2 Å². The minimum Gasteiger partial charge on any atom is -0.772 e. The van der Waals surface area contributed by atoms with Crippen molar-refractivity contribution < 1.29 is 42.1 Å². The van der Waals surface area contributed by atoms with E-state index in [1.54, 1.807) is 42.5 Å². The molecule has 2 unspecified atom stereocenters. The number of esters is 3. The molecule has 0 radical (unpaired) electrons. The lowest BCUT2D eigenvalue weighted by atomic mass is 9.77. The van der Waals surface area contributed by atoms with Crippen LogP contribution in [0.15, 0.2) is 60.7 Å². The van der Waals surface area contributed by atoms with Gasteiger partial charge >= 0.3 is 17.9 Å². The quantitative estimate of drug-likeness (QED) is 0.315. The fraction of sp³-hybridized carbons (Fsp3) is 0.125. The monoisotopic (exact) mass is 479 g/mol. The first-order valence-electron chi connectivity index (χ1n) is 10.0. The van der Waals surface area contributed by atoms with E-state index in [9.17, 15) is 23.1 Å². The molecule has 1 spiro atoms. The molecule has 5 rings (SSSR count). The Morgan fingerprint density at radius 3 is 2.18 bits per heavy atom. The zero-order chi connectivity index (χ0) is 24.0. The van der Waals surface area contributed by atoms with Crippen LogP contribution >= 0.6 is 0 Å². The van der Waals surface area contributed by atoms with Crippen LogP contribution in [-0.4, -0.2) is 32.4 Å². The molecule has 2 aliphatic heterocycles. The number of hydrogen-bond donors (Lipinski definition) is 0. The van der Waals surface area contributed by atoms with Crippen molar-refractivity contribution in [3.8, 4) is 23.0 Å². The molecule has 9 nitrogen and oxygen atoms in total. The Morgan fingerprint density at radius 2 is 1.56 bits per heavy atom. The summed E-state index contributed by atoms with van der Waals surface area (Å²) in [5.74, 6) is -2.06. The zero-order valence-corrected chi connectivity index (χ0v) is 18.4. The van der Waals surface area contributed by atoms with Crippen molar-refractivity contribution >= 4 is 29.0 Å². The van der Waals surface area contributed by atoms with Gasteiger partial charge in [0, 0.05) is 35.7 Å². The lowest BCUT2D eigenvalue weighted by Crippen LogP contribution is -2.33. The zero-order valence-electron chi connectivity index (χ0n) is 17.6. The van der Waals surface area contributed by atoms with Crippen LogP contribution in [-0.2, 0) is 31.0 Å². The van der Waals surface area contributed by atoms with Gasteiger partial charge in [-0.2, -0.15) is 0 Å². The van der Waals surface area contributed by atoms with Gasteiger partial charge in [-0.25, -0.2) is 4.79 Å². The first-order valence-corrected chi connectivity index (χ1v) is 11.3. The minimum atomic E-state index is -2.60. The van der Waals surface area contributed by atoms with E-state index in [0.29, 0.717) is 22.3 Å². The van der Waals surface area contributed by atoms with E-state index in [4.69, 9.17) is 18.9 Å². The SMILES string of the molecule is CC(=O)Oc1ccc2c(c1)Oc1cc(OC(=O)CS(=O)[O-])ccc1C21OC(=O)c2ccccc21. The summed E-state index contributed by atoms with van der Waals surface area (Å²) in [4.78, 5) is 36.1. The molecule has 34 heavy (non-hydrogen) atoms. The third-order valence-electron chi connectivity index (χ3n) is 5.39. The minimum absolute atomic E-state index is 0.0431.